The lowest BCUT2D eigenvalue weighted by molar-refractivity contribution is 0.307. The smallest absolute Gasteiger partial charge is 0.147 e. The Balaban J connectivity index is 1.73. The normalized spacial score (nSPS) is 11.2. The lowest BCUT2D eigenvalue weighted by Crippen LogP contribution is -2.04. The maximum absolute atomic E-state index is 13.5. The number of hydrogen-bond acceptors (Lipinski definition) is 2. The molecular formula is C23H19ClF2N2O. The first-order chi connectivity index (χ1) is 13.9. The second-order valence-electron chi connectivity index (χ2n) is 7.00. The van der Waals surface area contributed by atoms with Crippen LogP contribution in [0.25, 0.3) is 11.0 Å². The Kier molecular flexibility index (Phi) is 5.24. The molecule has 0 atom stereocenters. The molecule has 0 saturated heterocycles. The quantitative estimate of drug-likeness (QED) is 0.389. The Bertz CT molecular complexity index is 1180. The van der Waals surface area contributed by atoms with Gasteiger partial charge in [0, 0.05) is 35.6 Å². The van der Waals surface area contributed by atoms with Crippen LogP contribution in [-0.4, -0.2) is 9.55 Å². The summed E-state index contributed by atoms with van der Waals surface area (Å²) < 4.78 is 35.1. The number of fused-ring (bicyclic) bond motifs is 1. The van der Waals surface area contributed by atoms with Crippen molar-refractivity contribution in [3.63, 3.8) is 0 Å². The van der Waals surface area contributed by atoms with Gasteiger partial charge in [0.05, 0.1) is 5.52 Å². The summed E-state index contributed by atoms with van der Waals surface area (Å²) in [5.41, 5.74) is 5.30. The van der Waals surface area contributed by atoms with Crippen LogP contribution in [0, 0.1) is 25.5 Å². The minimum Gasteiger partial charge on any atom is -0.487 e. The standard InChI is InChI=1S/C23H19ClF2N2O/c1-14-15(2)28(12-16-4-3-5-18(24)8-16)23-21(6-7-27-22(14)23)29-13-17-9-19(25)11-20(26)10-17/h3-11H,12-13H2,1-2H3. The molecule has 2 aromatic carbocycles. The Morgan fingerprint density at radius 1 is 1.00 bits per heavy atom. The fourth-order valence-corrected chi connectivity index (χ4v) is 3.71. The number of hydrogen-bond donors (Lipinski definition) is 0. The number of pyridine rings is 1. The summed E-state index contributed by atoms with van der Waals surface area (Å²) in [6, 6.07) is 12.8. The van der Waals surface area contributed by atoms with Gasteiger partial charge in [0.1, 0.15) is 29.5 Å². The Hall–Kier alpha value is -2.92. The molecule has 148 valence electrons. The van der Waals surface area contributed by atoms with Crippen LogP contribution in [0.15, 0.2) is 54.7 Å². The highest BCUT2D eigenvalue weighted by molar-refractivity contribution is 6.30. The lowest BCUT2D eigenvalue weighted by atomic mass is 10.2. The van der Waals surface area contributed by atoms with Crippen LogP contribution >= 0.6 is 11.6 Å². The van der Waals surface area contributed by atoms with E-state index in [1.54, 1.807) is 12.3 Å². The van der Waals surface area contributed by atoms with Crippen LogP contribution < -0.4 is 4.74 Å². The van der Waals surface area contributed by atoms with Gasteiger partial charge in [0.15, 0.2) is 0 Å². The summed E-state index contributed by atoms with van der Waals surface area (Å²) in [5, 5.41) is 0.677. The van der Waals surface area contributed by atoms with Gasteiger partial charge in [-0.15, -0.1) is 0 Å². The highest BCUT2D eigenvalue weighted by Crippen LogP contribution is 2.32. The molecule has 0 fully saturated rings. The number of aromatic nitrogens is 2. The van der Waals surface area contributed by atoms with Crippen molar-refractivity contribution in [1.29, 1.82) is 0 Å². The number of rotatable bonds is 5. The molecule has 0 spiro atoms. The summed E-state index contributed by atoms with van der Waals surface area (Å²) >= 11 is 6.14. The number of aryl methyl sites for hydroxylation is 1. The van der Waals surface area contributed by atoms with E-state index in [1.807, 2.05) is 38.1 Å². The van der Waals surface area contributed by atoms with Crippen LogP contribution in [0.1, 0.15) is 22.4 Å². The summed E-state index contributed by atoms with van der Waals surface area (Å²) in [7, 11) is 0. The average Bonchev–Trinajstić information content (AvgIpc) is 2.91. The molecule has 0 radical (unpaired) electrons. The average molecular weight is 413 g/mol. The predicted octanol–water partition coefficient (Wildman–Crippen LogP) is 6.21. The molecule has 2 heterocycles. The van der Waals surface area contributed by atoms with Crippen LogP contribution in [0.4, 0.5) is 8.78 Å². The van der Waals surface area contributed by atoms with E-state index in [1.165, 1.54) is 12.1 Å². The molecule has 0 aliphatic carbocycles. The van der Waals surface area contributed by atoms with Crippen molar-refractivity contribution >= 4 is 22.6 Å². The van der Waals surface area contributed by atoms with E-state index in [-0.39, 0.29) is 6.61 Å². The second-order valence-corrected chi connectivity index (χ2v) is 7.44. The fourth-order valence-electron chi connectivity index (χ4n) is 3.50. The maximum atomic E-state index is 13.5. The largest absolute Gasteiger partial charge is 0.487 e. The summed E-state index contributed by atoms with van der Waals surface area (Å²) in [5.74, 6) is -0.642. The fraction of sp³-hybridized carbons (Fsp3) is 0.174. The molecule has 0 N–H and O–H groups in total. The number of nitrogens with zero attached hydrogens (tertiary/aromatic N) is 2. The van der Waals surface area contributed by atoms with Crippen LogP contribution in [0.3, 0.4) is 0 Å². The van der Waals surface area contributed by atoms with Gasteiger partial charge in [-0.2, -0.15) is 0 Å². The van der Waals surface area contributed by atoms with E-state index < -0.39 is 11.6 Å². The van der Waals surface area contributed by atoms with E-state index in [2.05, 4.69) is 9.55 Å². The van der Waals surface area contributed by atoms with Gasteiger partial charge in [-0.05, 0) is 54.8 Å². The van der Waals surface area contributed by atoms with E-state index in [4.69, 9.17) is 16.3 Å². The highest BCUT2D eigenvalue weighted by atomic mass is 35.5. The molecule has 6 heteroatoms. The zero-order valence-electron chi connectivity index (χ0n) is 16.0. The van der Waals surface area contributed by atoms with E-state index in [0.717, 1.165) is 33.9 Å². The zero-order valence-corrected chi connectivity index (χ0v) is 16.8. The second kappa shape index (κ2) is 7.84. The topological polar surface area (TPSA) is 27.1 Å². The van der Waals surface area contributed by atoms with Crippen molar-refractivity contribution < 1.29 is 13.5 Å². The summed E-state index contributed by atoms with van der Waals surface area (Å²) in [6.45, 7) is 4.71. The Morgan fingerprint density at radius 2 is 1.76 bits per heavy atom. The molecule has 4 aromatic rings. The molecule has 0 unspecified atom stereocenters. The van der Waals surface area contributed by atoms with Crippen molar-refractivity contribution in [2.45, 2.75) is 27.0 Å². The van der Waals surface area contributed by atoms with Crippen LogP contribution in [0.2, 0.25) is 5.02 Å². The molecule has 2 aromatic heterocycles. The Labute approximate surface area is 172 Å². The van der Waals surface area contributed by atoms with E-state index in [0.29, 0.717) is 22.9 Å². The molecule has 29 heavy (non-hydrogen) atoms. The summed E-state index contributed by atoms with van der Waals surface area (Å²) in [6.07, 6.45) is 1.68. The molecule has 0 bridgehead atoms. The van der Waals surface area contributed by atoms with Crippen molar-refractivity contribution in [3.8, 4) is 5.75 Å². The van der Waals surface area contributed by atoms with Crippen molar-refractivity contribution in [3.05, 3.63) is 93.8 Å². The van der Waals surface area contributed by atoms with Crippen LogP contribution in [-0.2, 0) is 13.2 Å². The predicted molar refractivity (Wildman–Crippen MR) is 110 cm³/mol. The number of halogens is 3. The van der Waals surface area contributed by atoms with E-state index >= 15 is 0 Å². The third-order valence-corrected chi connectivity index (χ3v) is 5.24. The molecule has 0 aliphatic rings. The first kappa shape index (κ1) is 19.4. The SMILES string of the molecule is Cc1c(C)n(Cc2cccc(Cl)c2)c2c(OCc3cc(F)cc(F)c3)ccnc12. The number of ether oxygens (including phenoxy) is 1. The third kappa shape index (κ3) is 3.96. The van der Waals surface area contributed by atoms with Gasteiger partial charge < -0.3 is 9.30 Å². The number of benzene rings is 2. The molecule has 0 aliphatic heterocycles. The summed E-state index contributed by atoms with van der Waals surface area (Å²) in [4.78, 5) is 4.52. The van der Waals surface area contributed by atoms with Gasteiger partial charge in [-0.1, -0.05) is 23.7 Å². The Morgan fingerprint density at radius 3 is 2.48 bits per heavy atom. The van der Waals surface area contributed by atoms with Crippen molar-refractivity contribution in [2.75, 3.05) is 0 Å². The maximum Gasteiger partial charge on any atom is 0.147 e. The molecule has 4 rings (SSSR count). The van der Waals surface area contributed by atoms with Crippen LogP contribution in [0.5, 0.6) is 5.75 Å². The highest BCUT2D eigenvalue weighted by Gasteiger charge is 2.17. The van der Waals surface area contributed by atoms with Gasteiger partial charge in [0.25, 0.3) is 0 Å². The first-order valence-electron chi connectivity index (χ1n) is 9.19. The lowest BCUT2D eigenvalue weighted by Gasteiger charge is -2.13. The molecular weight excluding hydrogens is 394 g/mol. The molecule has 3 nitrogen and oxygen atoms in total. The molecule has 0 amide bonds. The van der Waals surface area contributed by atoms with Gasteiger partial charge in [0.2, 0.25) is 0 Å². The first-order valence-corrected chi connectivity index (χ1v) is 9.57. The van der Waals surface area contributed by atoms with Crippen molar-refractivity contribution in [2.24, 2.45) is 0 Å². The van der Waals surface area contributed by atoms with E-state index in [9.17, 15) is 8.78 Å². The van der Waals surface area contributed by atoms with Gasteiger partial charge in [-0.25, -0.2) is 8.78 Å². The minimum atomic E-state index is -0.625. The zero-order chi connectivity index (χ0) is 20.5. The monoisotopic (exact) mass is 412 g/mol. The molecule has 0 saturated carbocycles. The van der Waals surface area contributed by atoms with Gasteiger partial charge in [-0.3, -0.25) is 4.98 Å². The third-order valence-electron chi connectivity index (χ3n) is 5.01. The van der Waals surface area contributed by atoms with Gasteiger partial charge >= 0.3 is 0 Å². The van der Waals surface area contributed by atoms with Crippen molar-refractivity contribution in [1.82, 2.24) is 9.55 Å². The minimum absolute atomic E-state index is 0.0498.